The summed E-state index contributed by atoms with van der Waals surface area (Å²) >= 11 is 5.98. The first-order chi connectivity index (χ1) is 9.42. The molecule has 1 atom stereocenters. The third kappa shape index (κ3) is 2.98. The van der Waals surface area contributed by atoms with Crippen molar-refractivity contribution in [2.75, 3.05) is 0 Å². The van der Waals surface area contributed by atoms with Crippen LogP contribution >= 0.6 is 11.6 Å². The van der Waals surface area contributed by atoms with Gasteiger partial charge in [-0.2, -0.15) is 0 Å². The van der Waals surface area contributed by atoms with E-state index < -0.39 is 17.4 Å². The molecule has 1 unspecified atom stereocenters. The Kier molecular flexibility index (Phi) is 4.06. The monoisotopic (exact) mass is 292 g/mol. The standard InChI is InChI=1S/C15H13ClO4/c1-10(17)15(19)8-7-13(12(16)9-15)20-14(18)11-5-3-2-4-6-11/h2-8,19H,9H2,1H3. The predicted molar refractivity (Wildman–Crippen MR) is 74.1 cm³/mol. The topological polar surface area (TPSA) is 63.6 Å². The molecule has 104 valence electrons. The van der Waals surface area contributed by atoms with Crippen LogP contribution in [-0.2, 0) is 9.53 Å². The Hall–Kier alpha value is -1.91. The van der Waals surface area contributed by atoms with Crippen LogP contribution in [0.1, 0.15) is 23.7 Å². The fourth-order valence-corrected chi connectivity index (χ4v) is 2.06. The molecule has 0 bridgehead atoms. The van der Waals surface area contributed by atoms with Crippen LogP contribution in [0.15, 0.2) is 53.3 Å². The number of aliphatic hydroxyl groups is 1. The van der Waals surface area contributed by atoms with Gasteiger partial charge in [-0.15, -0.1) is 0 Å². The minimum atomic E-state index is -1.63. The number of allylic oxidation sites excluding steroid dienone is 1. The van der Waals surface area contributed by atoms with Crippen molar-refractivity contribution in [3.63, 3.8) is 0 Å². The van der Waals surface area contributed by atoms with Crippen molar-refractivity contribution < 1.29 is 19.4 Å². The minimum absolute atomic E-state index is 0.0994. The Labute approximate surface area is 121 Å². The lowest BCUT2D eigenvalue weighted by molar-refractivity contribution is -0.130. The Morgan fingerprint density at radius 3 is 2.50 bits per heavy atom. The maximum Gasteiger partial charge on any atom is 0.343 e. The van der Waals surface area contributed by atoms with Gasteiger partial charge in [0.05, 0.1) is 10.6 Å². The first-order valence-corrected chi connectivity index (χ1v) is 6.39. The van der Waals surface area contributed by atoms with Crippen LogP contribution in [0, 0.1) is 0 Å². The normalized spacial score (nSPS) is 21.8. The molecule has 0 heterocycles. The Morgan fingerprint density at radius 2 is 1.95 bits per heavy atom. The molecule has 0 saturated heterocycles. The molecule has 0 aliphatic heterocycles. The minimum Gasteiger partial charge on any atom is -0.422 e. The van der Waals surface area contributed by atoms with Crippen LogP contribution in [-0.4, -0.2) is 22.5 Å². The number of ketones is 1. The van der Waals surface area contributed by atoms with Crippen molar-refractivity contribution in [3.8, 4) is 0 Å². The molecule has 1 aliphatic carbocycles. The molecule has 4 nitrogen and oxygen atoms in total. The molecule has 0 aromatic heterocycles. The molecule has 0 radical (unpaired) electrons. The average Bonchev–Trinajstić information content (AvgIpc) is 2.43. The summed E-state index contributed by atoms with van der Waals surface area (Å²) in [5.41, 5.74) is -1.23. The third-order valence-electron chi connectivity index (χ3n) is 3.02. The lowest BCUT2D eigenvalue weighted by Crippen LogP contribution is -2.36. The molecule has 0 saturated carbocycles. The van der Waals surface area contributed by atoms with Gasteiger partial charge in [0, 0.05) is 6.42 Å². The number of esters is 1. The largest absolute Gasteiger partial charge is 0.422 e. The highest BCUT2D eigenvalue weighted by molar-refractivity contribution is 6.30. The van der Waals surface area contributed by atoms with Crippen LogP contribution in [0.5, 0.6) is 0 Å². The molecule has 0 amide bonds. The van der Waals surface area contributed by atoms with Gasteiger partial charge in [-0.3, -0.25) is 4.79 Å². The molecule has 0 spiro atoms. The van der Waals surface area contributed by atoms with E-state index in [2.05, 4.69) is 0 Å². The van der Waals surface area contributed by atoms with Gasteiger partial charge in [-0.1, -0.05) is 29.8 Å². The summed E-state index contributed by atoms with van der Waals surface area (Å²) in [5, 5.41) is 10.1. The first-order valence-electron chi connectivity index (χ1n) is 6.01. The van der Waals surface area contributed by atoms with Gasteiger partial charge in [-0.05, 0) is 31.2 Å². The zero-order chi connectivity index (χ0) is 14.8. The molecular weight excluding hydrogens is 280 g/mol. The Balaban J connectivity index is 2.14. The summed E-state index contributed by atoms with van der Waals surface area (Å²) in [4.78, 5) is 23.2. The van der Waals surface area contributed by atoms with Crippen molar-refractivity contribution in [1.82, 2.24) is 0 Å². The second-order valence-electron chi connectivity index (χ2n) is 4.52. The summed E-state index contributed by atoms with van der Waals surface area (Å²) in [5.74, 6) is -0.816. The van der Waals surface area contributed by atoms with E-state index >= 15 is 0 Å². The molecule has 0 fully saturated rings. The first kappa shape index (κ1) is 14.5. The number of carbonyl (C=O) groups is 2. The van der Waals surface area contributed by atoms with Crippen LogP contribution in [0.2, 0.25) is 0 Å². The van der Waals surface area contributed by atoms with E-state index in [9.17, 15) is 14.7 Å². The summed E-state index contributed by atoms with van der Waals surface area (Å²) in [7, 11) is 0. The summed E-state index contributed by atoms with van der Waals surface area (Å²) in [6.07, 6.45) is 2.53. The number of ether oxygens (including phenoxy) is 1. The number of benzene rings is 1. The van der Waals surface area contributed by atoms with Gasteiger partial charge in [0.15, 0.2) is 5.78 Å². The van der Waals surface area contributed by atoms with Gasteiger partial charge >= 0.3 is 5.97 Å². The number of halogens is 1. The Bertz CT molecular complexity index is 604. The van der Waals surface area contributed by atoms with E-state index in [1.54, 1.807) is 30.3 Å². The second kappa shape index (κ2) is 5.61. The second-order valence-corrected chi connectivity index (χ2v) is 4.97. The third-order valence-corrected chi connectivity index (χ3v) is 3.34. The van der Waals surface area contributed by atoms with E-state index in [0.717, 1.165) is 0 Å². The maximum atomic E-state index is 11.9. The van der Waals surface area contributed by atoms with Crippen molar-refractivity contribution >= 4 is 23.4 Å². The predicted octanol–water partition coefficient (Wildman–Crippen LogP) is 2.57. The van der Waals surface area contributed by atoms with Crippen LogP contribution in [0.3, 0.4) is 0 Å². The number of hydrogen-bond acceptors (Lipinski definition) is 4. The highest BCUT2D eigenvalue weighted by Gasteiger charge is 2.34. The van der Waals surface area contributed by atoms with E-state index in [1.165, 1.54) is 19.1 Å². The van der Waals surface area contributed by atoms with Crippen molar-refractivity contribution in [2.45, 2.75) is 18.9 Å². The van der Waals surface area contributed by atoms with Crippen LogP contribution in [0.25, 0.3) is 0 Å². The summed E-state index contributed by atoms with van der Waals surface area (Å²) in [6, 6.07) is 8.47. The van der Waals surface area contributed by atoms with E-state index in [0.29, 0.717) is 5.56 Å². The number of rotatable bonds is 3. The van der Waals surface area contributed by atoms with Crippen LogP contribution in [0.4, 0.5) is 0 Å². The van der Waals surface area contributed by atoms with E-state index in [1.807, 2.05) is 0 Å². The smallest absolute Gasteiger partial charge is 0.343 e. The Morgan fingerprint density at radius 1 is 1.30 bits per heavy atom. The average molecular weight is 293 g/mol. The molecule has 1 aliphatic rings. The molecule has 5 heteroatoms. The van der Waals surface area contributed by atoms with Gasteiger partial charge in [0.25, 0.3) is 0 Å². The maximum absolute atomic E-state index is 11.9. The fourth-order valence-electron chi connectivity index (χ4n) is 1.75. The number of carbonyl (C=O) groups excluding carboxylic acids is 2. The quantitative estimate of drug-likeness (QED) is 0.870. The molecule has 2 rings (SSSR count). The molecule has 1 aromatic carbocycles. The van der Waals surface area contributed by atoms with Crippen molar-refractivity contribution in [1.29, 1.82) is 0 Å². The number of Topliss-reactive ketones (excluding diaryl/α,β-unsaturated/α-hetero) is 1. The number of hydrogen-bond donors (Lipinski definition) is 1. The highest BCUT2D eigenvalue weighted by atomic mass is 35.5. The molecular formula is C15H13ClO4. The van der Waals surface area contributed by atoms with E-state index in [4.69, 9.17) is 16.3 Å². The molecule has 20 heavy (non-hydrogen) atoms. The van der Waals surface area contributed by atoms with Crippen LogP contribution < -0.4 is 0 Å². The zero-order valence-electron chi connectivity index (χ0n) is 10.8. The van der Waals surface area contributed by atoms with Gasteiger partial charge in [0.1, 0.15) is 11.4 Å². The molecule has 1 N–H and O–H groups in total. The molecule has 1 aromatic rings. The lowest BCUT2D eigenvalue weighted by atomic mass is 9.91. The van der Waals surface area contributed by atoms with E-state index in [-0.39, 0.29) is 17.2 Å². The fraction of sp³-hybridized carbons (Fsp3) is 0.200. The van der Waals surface area contributed by atoms with Gasteiger partial charge < -0.3 is 9.84 Å². The van der Waals surface area contributed by atoms with Crippen molar-refractivity contribution in [3.05, 3.63) is 58.8 Å². The van der Waals surface area contributed by atoms with Crippen molar-refractivity contribution in [2.24, 2.45) is 0 Å². The zero-order valence-corrected chi connectivity index (χ0v) is 11.6. The lowest BCUT2D eigenvalue weighted by Gasteiger charge is -2.25. The van der Waals surface area contributed by atoms with Gasteiger partial charge in [-0.25, -0.2) is 4.79 Å². The summed E-state index contributed by atoms with van der Waals surface area (Å²) in [6.45, 7) is 1.27. The summed E-state index contributed by atoms with van der Waals surface area (Å²) < 4.78 is 5.16. The van der Waals surface area contributed by atoms with Gasteiger partial charge in [0.2, 0.25) is 0 Å². The highest BCUT2D eigenvalue weighted by Crippen LogP contribution is 2.31. The SMILES string of the molecule is CC(=O)C1(O)C=CC(OC(=O)c2ccccc2)=C(Cl)C1.